The third-order valence-electron chi connectivity index (χ3n) is 4.92. The van der Waals surface area contributed by atoms with E-state index in [9.17, 15) is 22.8 Å². The molecule has 0 spiro atoms. The van der Waals surface area contributed by atoms with Crippen LogP contribution in [0.1, 0.15) is 37.7 Å². The summed E-state index contributed by atoms with van der Waals surface area (Å²) in [5.41, 5.74) is 0.657. The molecular weight excluding hydrogens is 349 g/mol. The van der Waals surface area contributed by atoms with Gasteiger partial charge in [0.05, 0.1) is 5.92 Å². The standard InChI is InChI=1S/C18H21F3N2O3/c19-18(20,21)26-15-7-5-12(6-8-15)10-22-17(25)13-9-16(24)23(11-13)14-3-1-2-4-14/h5-8,13-14H,1-4,9-11H2,(H,22,25). The summed E-state index contributed by atoms with van der Waals surface area (Å²) in [6.07, 6.45) is -0.242. The molecule has 1 aromatic rings. The number of rotatable bonds is 5. The average molecular weight is 370 g/mol. The first-order valence-electron chi connectivity index (χ1n) is 8.74. The Morgan fingerprint density at radius 1 is 1.19 bits per heavy atom. The first-order valence-corrected chi connectivity index (χ1v) is 8.74. The molecule has 2 amide bonds. The van der Waals surface area contributed by atoms with E-state index in [1.807, 2.05) is 4.90 Å². The van der Waals surface area contributed by atoms with E-state index >= 15 is 0 Å². The number of nitrogens with one attached hydrogen (secondary N) is 1. The van der Waals surface area contributed by atoms with Crippen molar-refractivity contribution in [3.05, 3.63) is 29.8 Å². The molecule has 1 aromatic carbocycles. The van der Waals surface area contributed by atoms with E-state index in [1.54, 1.807) is 0 Å². The summed E-state index contributed by atoms with van der Waals surface area (Å²) < 4.78 is 40.2. The van der Waals surface area contributed by atoms with Gasteiger partial charge in [-0.2, -0.15) is 0 Å². The lowest BCUT2D eigenvalue weighted by Crippen LogP contribution is -2.36. The third kappa shape index (κ3) is 4.68. The first kappa shape index (κ1) is 18.5. The largest absolute Gasteiger partial charge is 0.573 e. The van der Waals surface area contributed by atoms with Crippen LogP contribution in [0.4, 0.5) is 13.2 Å². The number of benzene rings is 1. The Morgan fingerprint density at radius 3 is 2.46 bits per heavy atom. The molecule has 1 saturated carbocycles. The monoisotopic (exact) mass is 370 g/mol. The molecule has 142 valence electrons. The van der Waals surface area contributed by atoms with Crippen LogP contribution in [0.25, 0.3) is 0 Å². The molecule has 2 aliphatic rings. The van der Waals surface area contributed by atoms with Crippen molar-refractivity contribution in [3.8, 4) is 5.75 Å². The zero-order valence-electron chi connectivity index (χ0n) is 14.2. The van der Waals surface area contributed by atoms with Crippen molar-refractivity contribution in [2.24, 2.45) is 5.92 Å². The van der Waals surface area contributed by atoms with Crippen LogP contribution in [-0.4, -0.2) is 35.7 Å². The van der Waals surface area contributed by atoms with E-state index in [4.69, 9.17) is 0 Å². The summed E-state index contributed by atoms with van der Waals surface area (Å²) in [5.74, 6) is -0.836. The molecule has 1 atom stereocenters. The Balaban J connectivity index is 1.49. The van der Waals surface area contributed by atoms with Crippen molar-refractivity contribution in [2.75, 3.05) is 6.54 Å². The van der Waals surface area contributed by atoms with Crippen molar-refractivity contribution in [1.29, 1.82) is 0 Å². The number of amides is 2. The molecular formula is C18H21F3N2O3. The van der Waals surface area contributed by atoms with Gasteiger partial charge < -0.3 is 15.0 Å². The lowest BCUT2D eigenvalue weighted by Gasteiger charge is -2.23. The van der Waals surface area contributed by atoms with Crippen molar-refractivity contribution in [1.82, 2.24) is 10.2 Å². The fourth-order valence-electron chi connectivity index (χ4n) is 3.62. The minimum absolute atomic E-state index is 0.0331. The normalized spacial score (nSPS) is 21.3. The van der Waals surface area contributed by atoms with E-state index in [0.29, 0.717) is 12.1 Å². The zero-order valence-corrected chi connectivity index (χ0v) is 14.2. The molecule has 1 saturated heterocycles. The molecule has 1 aliphatic heterocycles. The smallest absolute Gasteiger partial charge is 0.406 e. The number of ether oxygens (including phenoxy) is 1. The van der Waals surface area contributed by atoms with E-state index < -0.39 is 6.36 Å². The van der Waals surface area contributed by atoms with Crippen molar-refractivity contribution >= 4 is 11.8 Å². The highest BCUT2D eigenvalue weighted by Crippen LogP contribution is 2.29. The summed E-state index contributed by atoms with van der Waals surface area (Å²) in [7, 11) is 0. The number of nitrogens with zero attached hydrogens (tertiary/aromatic N) is 1. The van der Waals surface area contributed by atoms with E-state index in [2.05, 4.69) is 10.1 Å². The van der Waals surface area contributed by atoms with Gasteiger partial charge in [0, 0.05) is 25.6 Å². The van der Waals surface area contributed by atoms with E-state index in [-0.39, 0.29) is 42.5 Å². The number of carbonyl (C=O) groups is 2. The summed E-state index contributed by atoms with van der Waals surface area (Å²) in [5, 5.41) is 2.76. The molecule has 8 heteroatoms. The van der Waals surface area contributed by atoms with Crippen LogP contribution in [0, 0.1) is 5.92 Å². The number of hydrogen-bond donors (Lipinski definition) is 1. The molecule has 0 radical (unpaired) electrons. The molecule has 0 aromatic heterocycles. The minimum atomic E-state index is -4.73. The Bertz CT molecular complexity index is 655. The minimum Gasteiger partial charge on any atom is -0.406 e. The first-order chi connectivity index (χ1) is 12.3. The van der Waals surface area contributed by atoms with Crippen molar-refractivity contribution < 1.29 is 27.5 Å². The Labute approximate surface area is 149 Å². The van der Waals surface area contributed by atoms with Gasteiger partial charge in [-0.25, -0.2) is 0 Å². The van der Waals surface area contributed by atoms with Crippen molar-refractivity contribution in [2.45, 2.75) is 51.1 Å². The second-order valence-corrected chi connectivity index (χ2v) is 6.79. The molecule has 1 N–H and O–H groups in total. The maximum Gasteiger partial charge on any atom is 0.573 e. The van der Waals surface area contributed by atoms with E-state index in [1.165, 1.54) is 24.3 Å². The highest BCUT2D eigenvalue weighted by atomic mass is 19.4. The fraction of sp³-hybridized carbons (Fsp3) is 0.556. The number of halogens is 3. The lowest BCUT2D eigenvalue weighted by atomic mass is 10.1. The summed E-state index contributed by atoms with van der Waals surface area (Å²) in [6.45, 7) is 0.646. The van der Waals surface area contributed by atoms with Gasteiger partial charge in [0.2, 0.25) is 11.8 Å². The maximum atomic E-state index is 12.3. The molecule has 3 rings (SSSR count). The number of likely N-dealkylation sites (tertiary alicyclic amines) is 1. The van der Waals surface area contributed by atoms with Crippen LogP contribution in [0.15, 0.2) is 24.3 Å². The Hall–Kier alpha value is -2.25. The fourth-order valence-corrected chi connectivity index (χ4v) is 3.62. The van der Waals surface area contributed by atoms with Crippen LogP contribution < -0.4 is 10.1 Å². The van der Waals surface area contributed by atoms with Crippen LogP contribution in [-0.2, 0) is 16.1 Å². The van der Waals surface area contributed by atoms with Gasteiger partial charge in [-0.1, -0.05) is 25.0 Å². The maximum absolute atomic E-state index is 12.3. The van der Waals surface area contributed by atoms with Gasteiger partial charge in [0.1, 0.15) is 5.75 Å². The van der Waals surface area contributed by atoms with Crippen LogP contribution in [0.2, 0.25) is 0 Å². The van der Waals surface area contributed by atoms with Gasteiger partial charge in [-0.3, -0.25) is 9.59 Å². The summed E-state index contributed by atoms with van der Waals surface area (Å²) in [6, 6.07) is 5.60. The predicted molar refractivity (Wildman–Crippen MR) is 87.0 cm³/mol. The Kier molecular flexibility index (Phi) is 5.38. The molecule has 1 aliphatic carbocycles. The second kappa shape index (κ2) is 7.55. The predicted octanol–water partition coefficient (Wildman–Crippen LogP) is 2.99. The summed E-state index contributed by atoms with van der Waals surface area (Å²) in [4.78, 5) is 26.3. The lowest BCUT2D eigenvalue weighted by molar-refractivity contribution is -0.274. The van der Waals surface area contributed by atoms with Crippen LogP contribution in [0.3, 0.4) is 0 Å². The number of hydrogen-bond acceptors (Lipinski definition) is 3. The highest BCUT2D eigenvalue weighted by Gasteiger charge is 2.38. The Morgan fingerprint density at radius 2 is 1.85 bits per heavy atom. The topological polar surface area (TPSA) is 58.6 Å². The van der Waals surface area contributed by atoms with Gasteiger partial charge in [-0.15, -0.1) is 13.2 Å². The van der Waals surface area contributed by atoms with Gasteiger partial charge in [0.15, 0.2) is 0 Å². The molecule has 26 heavy (non-hydrogen) atoms. The SMILES string of the molecule is O=C(NCc1ccc(OC(F)(F)F)cc1)C1CC(=O)N(C2CCCC2)C1. The summed E-state index contributed by atoms with van der Waals surface area (Å²) >= 11 is 0. The van der Waals surface area contributed by atoms with Gasteiger partial charge in [-0.05, 0) is 30.5 Å². The number of carbonyl (C=O) groups excluding carboxylic acids is 2. The van der Waals surface area contributed by atoms with Crippen LogP contribution in [0.5, 0.6) is 5.75 Å². The van der Waals surface area contributed by atoms with Gasteiger partial charge >= 0.3 is 6.36 Å². The van der Waals surface area contributed by atoms with E-state index in [0.717, 1.165) is 25.7 Å². The third-order valence-corrected chi connectivity index (χ3v) is 4.92. The average Bonchev–Trinajstić information content (AvgIpc) is 3.21. The molecule has 1 unspecified atom stereocenters. The zero-order chi connectivity index (χ0) is 18.7. The molecule has 0 bridgehead atoms. The second-order valence-electron chi connectivity index (χ2n) is 6.79. The van der Waals surface area contributed by atoms with Crippen molar-refractivity contribution in [3.63, 3.8) is 0 Å². The number of alkyl halides is 3. The molecule has 5 nitrogen and oxygen atoms in total. The quantitative estimate of drug-likeness (QED) is 0.867. The highest BCUT2D eigenvalue weighted by molar-refractivity contribution is 5.89. The van der Waals surface area contributed by atoms with Crippen LogP contribution >= 0.6 is 0 Å². The molecule has 1 heterocycles. The molecule has 2 fully saturated rings. The van der Waals surface area contributed by atoms with Gasteiger partial charge in [0.25, 0.3) is 0 Å².